The van der Waals surface area contributed by atoms with Gasteiger partial charge < -0.3 is 9.94 Å². The molecule has 102 valence electrons. The molecule has 0 heterocycles. The number of hydrogen-bond acceptors (Lipinski definition) is 5. The van der Waals surface area contributed by atoms with Crippen molar-refractivity contribution in [2.75, 3.05) is 0 Å². The lowest BCUT2D eigenvalue weighted by molar-refractivity contribution is -0.146. The Kier molecular flexibility index (Phi) is 4.67. The molecule has 0 saturated carbocycles. The van der Waals surface area contributed by atoms with Crippen LogP contribution in [0.25, 0.3) is 0 Å². The average Bonchev–Trinajstić information content (AvgIpc) is 2.28. The first kappa shape index (κ1) is 15.2. The summed E-state index contributed by atoms with van der Waals surface area (Å²) in [5, 5.41) is 12.0. The smallest absolute Gasteiger partial charge is 0.365 e. The molecule has 0 aliphatic heterocycles. The van der Waals surface area contributed by atoms with Crippen LogP contribution in [0.2, 0.25) is 5.02 Å². The van der Waals surface area contributed by atoms with Crippen molar-refractivity contribution in [1.29, 1.82) is 0 Å². The number of oxime groups is 1. The van der Waals surface area contributed by atoms with Gasteiger partial charge in [0.25, 0.3) is 0 Å². The Morgan fingerprint density at radius 3 is 2.16 bits per heavy atom. The highest BCUT2D eigenvalue weighted by atomic mass is 35.5. The van der Waals surface area contributed by atoms with Crippen LogP contribution in [0.1, 0.15) is 31.1 Å². The molecule has 1 rings (SSSR count). The molecule has 6 heteroatoms. The maximum Gasteiger partial charge on any atom is 0.365 e. The van der Waals surface area contributed by atoms with Crippen molar-refractivity contribution in [2.24, 2.45) is 5.16 Å². The summed E-state index contributed by atoms with van der Waals surface area (Å²) >= 11 is 5.70. The van der Waals surface area contributed by atoms with Gasteiger partial charge in [0.2, 0.25) is 11.5 Å². The highest BCUT2D eigenvalue weighted by molar-refractivity contribution is 6.67. The van der Waals surface area contributed by atoms with Crippen LogP contribution in [0.15, 0.2) is 29.4 Å². The van der Waals surface area contributed by atoms with Gasteiger partial charge in [-0.1, -0.05) is 16.8 Å². The summed E-state index contributed by atoms with van der Waals surface area (Å²) < 4.78 is 4.98. The zero-order valence-corrected chi connectivity index (χ0v) is 11.6. The minimum absolute atomic E-state index is 0.183. The summed E-state index contributed by atoms with van der Waals surface area (Å²) in [4.78, 5) is 23.7. The molecule has 0 spiro atoms. The number of benzene rings is 1. The number of rotatable bonds is 3. The van der Waals surface area contributed by atoms with Gasteiger partial charge in [-0.2, -0.15) is 0 Å². The molecule has 0 unspecified atom stereocenters. The number of nitrogens with zero attached hydrogens (tertiary/aromatic N) is 1. The molecule has 1 N–H and O–H groups in total. The molecule has 0 amide bonds. The van der Waals surface area contributed by atoms with Crippen LogP contribution in [0, 0.1) is 0 Å². The molecular formula is C13H14ClNO4. The third kappa shape index (κ3) is 4.37. The third-order valence-electron chi connectivity index (χ3n) is 2.01. The largest absolute Gasteiger partial charge is 0.455 e. The number of hydrogen-bond donors (Lipinski definition) is 1. The maximum absolute atomic E-state index is 12.0. The minimum atomic E-state index is -0.977. The van der Waals surface area contributed by atoms with Gasteiger partial charge in [-0.3, -0.25) is 4.79 Å². The zero-order valence-electron chi connectivity index (χ0n) is 10.8. The lowest BCUT2D eigenvalue weighted by Crippen LogP contribution is -2.33. The topological polar surface area (TPSA) is 76.0 Å². The van der Waals surface area contributed by atoms with Gasteiger partial charge in [-0.05, 0) is 45.0 Å². The SMILES string of the molecule is CC(C)(C)OC(=O)C(=NO)C(=O)c1ccc(Cl)cc1. The van der Waals surface area contributed by atoms with Crippen molar-refractivity contribution in [1.82, 2.24) is 0 Å². The molecule has 19 heavy (non-hydrogen) atoms. The van der Waals surface area contributed by atoms with Crippen LogP contribution in [0.4, 0.5) is 0 Å². The van der Waals surface area contributed by atoms with Crippen LogP contribution in [-0.4, -0.2) is 28.3 Å². The van der Waals surface area contributed by atoms with Crippen LogP contribution < -0.4 is 0 Å². The quantitative estimate of drug-likeness (QED) is 0.231. The molecule has 0 atom stereocenters. The molecule has 0 saturated heterocycles. The first-order valence-electron chi connectivity index (χ1n) is 5.50. The second-order valence-corrected chi connectivity index (χ2v) is 5.22. The summed E-state index contributed by atoms with van der Waals surface area (Å²) in [6, 6.07) is 5.86. The van der Waals surface area contributed by atoms with Crippen molar-refractivity contribution in [3.05, 3.63) is 34.9 Å². The summed E-state index contributed by atoms with van der Waals surface area (Å²) in [5.41, 5.74) is -1.27. The lowest BCUT2D eigenvalue weighted by atomic mass is 10.1. The average molecular weight is 284 g/mol. The highest BCUT2D eigenvalue weighted by Gasteiger charge is 2.28. The monoisotopic (exact) mass is 283 g/mol. The molecule has 1 aromatic rings. The van der Waals surface area contributed by atoms with Crippen LogP contribution >= 0.6 is 11.6 Å². The summed E-state index contributed by atoms with van der Waals surface area (Å²) in [7, 11) is 0. The van der Waals surface area contributed by atoms with Gasteiger partial charge in [0, 0.05) is 10.6 Å². The minimum Gasteiger partial charge on any atom is -0.455 e. The molecule has 0 aromatic heterocycles. The Morgan fingerprint density at radius 2 is 1.74 bits per heavy atom. The van der Waals surface area contributed by atoms with Gasteiger partial charge >= 0.3 is 5.97 Å². The number of ketones is 1. The van der Waals surface area contributed by atoms with E-state index in [1.54, 1.807) is 20.8 Å². The van der Waals surface area contributed by atoms with E-state index in [4.69, 9.17) is 21.5 Å². The van der Waals surface area contributed by atoms with E-state index in [1.807, 2.05) is 0 Å². The molecule has 0 bridgehead atoms. The van der Waals surface area contributed by atoms with Crippen molar-refractivity contribution in [3.8, 4) is 0 Å². The lowest BCUT2D eigenvalue weighted by Gasteiger charge is -2.19. The Balaban J connectivity index is 2.95. The Hall–Kier alpha value is -1.88. The fourth-order valence-electron chi connectivity index (χ4n) is 1.24. The number of Topliss-reactive ketones (excluding diaryl/α,β-unsaturated/α-hetero) is 1. The fourth-order valence-corrected chi connectivity index (χ4v) is 1.37. The Labute approximate surface area is 115 Å². The molecule has 0 radical (unpaired) electrons. The maximum atomic E-state index is 12.0. The standard InChI is InChI=1S/C13H14ClNO4/c1-13(2,3)19-12(17)10(15-18)11(16)8-4-6-9(14)7-5-8/h4-7,18H,1-3H3. The van der Waals surface area contributed by atoms with Gasteiger partial charge in [0.15, 0.2) is 0 Å². The van der Waals surface area contributed by atoms with Crippen molar-refractivity contribution in [2.45, 2.75) is 26.4 Å². The van der Waals surface area contributed by atoms with E-state index in [-0.39, 0.29) is 5.56 Å². The zero-order chi connectivity index (χ0) is 14.6. The summed E-state index contributed by atoms with van der Waals surface area (Å²) in [5.74, 6) is -1.71. The highest BCUT2D eigenvalue weighted by Crippen LogP contribution is 2.13. The fraction of sp³-hybridized carbons (Fsp3) is 0.308. The predicted octanol–water partition coefficient (Wildman–Crippen LogP) is 2.69. The Bertz CT molecular complexity index is 514. The number of ether oxygens (including phenoxy) is 1. The van der Waals surface area contributed by atoms with Crippen molar-refractivity contribution < 1.29 is 19.5 Å². The summed E-state index contributed by atoms with van der Waals surface area (Å²) in [6.45, 7) is 4.94. The normalized spacial score (nSPS) is 12.1. The van der Waals surface area contributed by atoms with Crippen molar-refractivity contribution >= 4 is 29.1 Å². The predicted molar refractivity (Wildman–Crippen MR) is 70.8 cm³/mol. The first-order valence-corrected chi connectivity index (χ1v) is 5.88. The second kappa shape index (κ2) is 5.84. The van der Waals surface area contributed by atoms with E-state index < -0.39 is 23.1 Å². The summed E-state index contributed by atoms with van der Waals surface area (Å²) in [6.07, 6.45) is 0. The van der Waals surface area contributed by atoms with E-state index >= 15 is 0 Å². The van der Waals surface area contributed by atoms with Gasteiger partial charge in [0.1, 0.15) is 5.60 Å². The second-order valence-electron chi connectivity index (χ2n) is 4.79. The van der Waals surface area contributed by atoms with Gasteiger partial charge in [-0.15, -0.1) is 0 Å². The van der Waals surface area contributed by atoms with Crippen LogP contribution in [0.5, 0.6) is 0 Å². The van der Waals surface area contributed by atoms with E-state index in [0.29, 0.717) is 5.02 Å². The van der Waals surface area contributed by atoms with E-state index in [0.717, 1.165) is 0 Å². The van der Waals surface area contributed by atoms with Crippen LogP contribution in [0.3, 0.4) is 0 Å². The van der Waals surface area contributed by atoms with Crippen molar-refractivity contribution in [3.63, 3.8) is 0 Å². The van der Waals surface area contributed by atoms with Crippen LogP contribution in [-0.2, 0) is 9.53 Å². The van der Waals surface area contributed by atoms with Gasteiger partial charge in [0.05, 0.1) is 0 Å². The Morgan fingerprint density at radius 1 is 1.21 bits per heavy atom. The van der Waals surface area contributed by atoms with E-state index in [9.17, 15) is 9.59 Å². The molecule has 5 nitrogen and oxygen atoms in total. The number of esters is 1. The third-order valence-corrected chi connectivity index (χ3v) is 2.27. The molecular weight excluding hydrogens is 270 g/mol. The number of halogens is 1. The molecule has 0 aliphatic rings. The molecule has 0 aliphatic carbocycles. The molecule has 0 fully saturated rings. The first-order chi connectivity index (χ1) is 8.74. The number of carbonyl (C=O) groups is 2. The molecule has 1 aromatic carbocycles. The number of carbonyl (C=O) groups excluding carboxylic acids is 2. The van der Waals surface area contributed by atoms with Gasteiger partial charge in [-0.25, -0.2) is 4.79 Å². The van der Waals surface area contributed by atoms with E-state index in [1.165, 1.54) is 24.3 Å². The van der Waals surface area contributed by atoms with E-state index in [2.05, 4.69) is 5.16 Å².